The molecule has 1 aromatic rings. The molecule has 0 amide bonds. The third-order valence-corrected chi connectivity index (χ3v) is 4.80. The topological polar surface area (TPSA) is 29.3 Å². The van der Waals surface area contributed by atoms with E-state index in [1.165, 1.54) is 32.1 Å². The van der Waals surface area contributed by atoms with Crippen LogP contribution >= 0.6 is 0 Å². The summed E-state index contributed by atoms with van der Waals surface area (Å²) < 4.78 is 14.4. The maximum absolute atomic E-state index is 14.4. The first kappa shape index (κ1) is 12.9. The Bertz CT molecular complexity index is 458. The fourth-order valence-corrected chi connectivity index (χ4v) is 3.79. The highest BCUT2D eigenvalue weighted by Crippen LogP contribution is 2.40. The lowest BCUT2D eigenvalue weighted by Gasteiger charge is -2.39. The van der Waals surface area contributed by atoms with Crippen LogP contribution in [0.5, 0.6) is 0 Å². The van der Waals surface area contributed by atoms with E-state index in [1.54, 1.807) is 6.07 Å². The van der Waals surface area contributed by atoms with Gasteiger partial charge in [0.1, 0.15) is 5.82 Å². The van der Waals surface area contributed by atoms with Crippen LogP contribution in [0, 0.1) is 11.7 Å². The molecule has 1 aromatic carbocycles. The second-order valence-corrected chi connectivity index (χ2v) is 6.09. The molecule has 2 fully saturated rings. The van der Waals surface area contributed by atoms with Crippen LogP contribution in [0.3, 0.4) is 0 Å². The van der Waals surface area contributed by atoms with E-state index in [9.17, 15) is 4.39 Å². The minimum absolute atomic E-state index is 0.107. The number of benzene rings is 1. The lowest BCUT2D eigenvalue weighted by atomic mass is 9.91. The highest BCUT2D eigenvalue weighted by molar-refractivity contribution is 5.51. The largest absolute Gasteiger partial charge is 0.366 e. The van der Waals surface area contributed by atoms with E-state index in [4.69, 9.17) is 5.73 Å². The van der Waals surface area contributed by atoms with E-state index in [-0.39, 0.29) is 11.9 Å². The Balaban J connectivity index is 1.88. The van der Waals surface area contributed by atoms with Gasteiger partial charge in [0.05, 0.1) is 5.69 Å². The monoisotopic (exact) mass is 262 g/mol. The maximum atomic E-state index is 14.4. The fraction of sp³-hybridized carbons (Fsp3) is 0.625. The lowest BCUT2D eigenvalue weighted by Crippen LogP contribution is -2.43. The highest BCUT2D eigenvalue weighted by atomic mass is 19.1. The van der Waals surface area contributed by atoms with Crippen molar-refractivity contribution in [2.45, 2.75) is 51.1 Å². The molecule has 2 unspecified atom stereocenters. The van der Waals surface area contributed by atoms with Gasteiger partial charge < -0.3 is 10.6 Å². The van der Waals surface area contributed by atoms with Crippen LogP contribution in [-0.4, -0.2) is 12.6 Å². The molecule has 104 valence electrons. The molecule has 3 atom stereocenters. The van der Waals surface area contributed by atoms with Gasteiger partial charge in [-0.1, -0.05) is 12.5 Å². The standard InChI is InChI=1S/C16H23FN2/c1-11(18)13-7-8-16(14(17)10-13)19-9-3-5-12-4-2-6-15(12)19/h7-8,10-12,15H,2-6,9,18H2,1H3/t11-,12?,15?/m1/s1. The Kier molecular flexibility index (Phi) is 3.48. The number of rotatable bonds is 2. The summed E-state index contributed by atoms with van der Waals surface area (Å²) in [5.41, 5.74) is 7.47. The molecule has 2 N–H and O–H groups in total. The van der Waals surface area contributed by atoms with Gasteiger partial charge in [-0.05, 0) is 56.2 Å². The summed E-state index contributed by atoms with van der Waals surface area (Å²) in [6.07, 6.45) is 6.35. The van der Waals surface area contributed by atoms with Crippen molar-refractivity contribution in [2.75, 3.05) is 11.4 Å². The van der Waals surface area contributed by atoms with Gasteiger partial charge in [0.15, 0.2) is 0 Å². The molecule has 0 bridgehead atoms. The van der Waals surface area contributed by atoms with Gasteiger partial charge in [-0.25, -0.2) is 4.39 Å². The molecule has 0 aromatic heterocycles. The van der Waals surface area contributed by atoms with Crippen molar-refractivity contribution >= 4 is 5.69 Å². The normalized spacial score (nSPS) is 28.3. The van der Waals surface area contributed by atoms with Crippen molar-refractivity contribution in [2.24, 2.45) is 11.7 Å². The van der Waals surface area contributed by atoms with Crippen LogP contribution in [0.1, 0.15) is 50.6 Å². The van der Waals surface area contributed by atoms with Crippen molar-refractivity contribution in [3.05, 3.63) is 29.6 Å². The number of fused-ring (bicyclic) bond motifs is 1. The van der Waals surface area contributed by atoms with Gasteiger partial charge in [-0.3, -0.25) is 0 Å². The summed E-state index contributed by atoms with van der Waals surface area (Å²) in [5, 5.41) is 0. The molecule has 1 aliphatic heterocycles. The van der Waals surface area contributed by atoms with Gasteiger partial charge in [0, 0.05) is 18.6 Å². The average Bonchev–Trinajstić information content (AvgIpc) is 2.86. The van der Waals surface area contributed by atoms with Crippen molar-refractivity contribution in [3.63, 3.8) is 0 Å². The zero-order valence-electron chi connectivity index (χ0n) is 11.6. The molecule has 2 aliphatic rings. The van der Waals surface area contributed by atoms with Crippen molar-refractivity contribution in [3.8, 4) is 0 Å². The number of nitrogens with zero attached hydrogens (tertiary/aromatic N) is 1. The number of nitrogens with two attached hydrogens (primary N) is 1. The molecule has 1 saturated carbocycles. The van der Waals surface area contributed by atoms with Crippen LogP contribution in [0.25, 0.3) is 0 Å². The highest BCUT2D eigenvalue weighted by Gasteiger charge is 2.35. The summed E-state index contributed by atoms with van der Waals surface area (Å²) in [6.45, 7) is 2.89. The fourth-order valence-electron chi connectivity index (χ4n) is 3.79. The van der Waals surface area contributed by atoms with E-state index in [1.807, 2.05) is 19.1 Å². The number of hydrogen-bond donors (Lipinski definition) is 1. The maximum Gasteiger partial charge on any atom is 0.146 e. The second kappa shape index (κ2) is 5.12. The van der Waals surface area contributed by atoms with Crippen molar-refractivity contribution in [1.29, 1.82) is 0 Å². The van der Waals surface area contributed by atoms with Gasteiger partial charge in [0.25, 0.3) is 0 Å². The zero-order valence-corrected chi connectivity index (χ0v) is 11.6. The molecule has 1 saturated heterocycles. The molecule has 3 rings (SSSR count). The number of piperidine rings is 1. The Morgan fingerprint density at radius 1 is 1.26 bits per heavy atom. The third kappa shape index (κ3) is 2.36. The van der Waals surface area contributed by atoms with Gasteiger partial charge in [-0.15, -0.1) is 0 Å². The summed E-state index contributed by atoms with van der Waals surface area (Å²) in [5.74, 6) is 0.670. The summed E-state index contributed by atoms with van der Waals surface area (Å²) in [6, 6.07) is 5.96. The summed E-state index contributed by atoms with van der Waals surface area (Å²) in [7, 11) is 0. The first-order valence-corrected chi connectivity index (χ1v) is 7.48. The van der Waals surface area contributed by atoms with E-state index in [0.29, 0.717) is 6.04 Å². The van der Waals surface area contributed by atoms with Crippen molar-refractivity contribution < 1.29 is 4.39 Å². The minimum atomic E-state index is -0.109. The molecule has 0 spiro atoms. The van der Waals surface area contributed by atoms with Crippen LogP contribution < -0.4 is 10.6 Å². The third-order valence-electron chi connectivity index (χ3n) is 4.80. The van der Waals surface area contributed by atoms with E-state index >= 15 is 0 Å². The zero-order chi connectivity index (χ0) is 13.4. The predicted octanol–water partition coefficient (Wildman–Crippen LogP) is 3.61. The van der Waals surface area contributed by atoms with Gasteiger partial charge >= 0.3 is 0 Å². The van der Waals surface area contributed by atoms with Crippen LogP contribution in [-0.2, 0) is 0 Å². The van der Waals surface area contributed by atoms with Gasteiger partial charge in [0.2, 0.25) is 0 Å². The Morgan fingerprint density at radius 2 is 2.05 bits per heavy atom. The van der Waals surface area contributed by atoms with Crippen LogP contribution in [0.4, 0.5) is 10.1 Å². The predicted molar refractivity (Wildman–Crippen MR) is 76.7 cm³/mol. The Hall–Kier alpha value is -1.09. The van der Waals surface area contributed by atoms with Crippen LogP contribution in [0.2, 0.25) is 0 Å². The smallest absolute Gasteiger partial charge is 0.146 e. The SMILES string of the molecule is C[C@@H](N)c1ccc(N2CCCC3CCCC32)c(F)c1. The molecular weight excluding hydrogens is 239 g/mol. The minimum Gasteiger partial charge on any atom is -0.366 e. The number of anilines is 1. The number of halogens is 1. The second-order valence-electron chi connectivity index (χ2n) is 6.09. The van der Waals surface area contributed by atoms with E-state index < -0.39 is 0 Å². The van der Waals surface area contributed by atoms with Gasteiger partial charge in [-0.2, -0.15) is 0 Å². The van der Waals surface area contributed by atoms with E-state index in [2.05, 4.69) is 4.90 Å². The molecule has 2 nitrogen and oxygen atoms in total. The molecule has 1 heterocycles. The Morgan fingerprint density at radius 3 is 2.79 bits per heavy atom. The molecule has 19 heavy (non-hydrogen) atoms. The molecule has 0 radical (unpaired) electrons. The quantitative estimate of drug-likeness (QED) is 0.882. The summed E-state index contributed by atoms with van der Waals surface area (Å²) >= 11 is 0. The molecule has 3 heteroatoms. The number of hydrogen-bond acceptors (Lipinski definition) is 2. The van der Waals surface area contributed by atoms with Crippen LogP contribution in [0.15, 0.2) is 18.2 Å². The first-order chi connectivity index (χ1) is 9.16. The Labute approximate surface area is 114 Å². The van der Waals surface area contributed by atoms with E-state index in [0.717, 1.165) is 23.7 Å². The molecule has 1 aliphatic carbocycles. The summed E-state index contributed by atoms with van der Waals surface area (Å²) in [4.78, 5) is 2.31. The van der Waals surface area contributed by atoms with Crippen molar-refractivity contribution in [1.82, 2.24) is 0 Å². The molecular formula is C16H23FN2. The first-order valence-electron chi connectivity index (χ1n) is 7.48. The average molecular weight is 262 g/mol. The lowest BCUT2D eigenvalue weighted by molar-refractivity contribution is 0.359.